The summed E-state index contributed by atoms with van der Waals surface area (Å²) in [7, 11) is 0. The molecule has 0 fully saturated rings. The van der Waals surface area contributed by atoms with Crippen molar-refractivity contribution in [3.63, 3.8) is 0 Å². The van der Waals surface area contributed by atoms with E-state index in [1.807, 2.05) is 10.6 Å². The molecule has 0 spiro atoms. The summed E-state index contributed by atoms with van der Waals surface area (Å²) < 4.78 is 53.1. The average molecular weight is 385 g/mol. The van der Waals surface area contributed by atoms with Crippen LogP contribution in [0.2, 0.25) is 0 Å². The van der Waals surface area contributed by atoms with Crippen molar-refractivity contribution in [1.82, 2.24) is 10.6 Å². The van der Waals surface area contributed by atoms with Gasteiger partial charge in [-0.2, -0.15) is 13.2 Å². The van der Waals surface area contributed by atoms with E-state index in [1.54, 1.807) is 19.1 Å². The van der Waals surface area contributed by atoms with Gasteiger partial charge in [-0.25, -0.2) is 4.39 Å². The van der Waals surface area contributed by atoms with Crippen LogP contribution in [0.15, 0.2) is 48.5 Å². The van der Waals surface area contributed by atoms with E-state index >= 15 is 0 Å². The molecule has 1 unspecified atom stereocenters. The van der Waals surface area contributed by atoms with Gasteiger partial charge in [-0.1, -0.05) is 29.8 Å². The molecule has 4 nitrogen and oxygen atoms in total. The number of hydrogen-bond acceptors (Lipinski definition) is 2. The molecule has 0 bridgehead atoms. The number of aryl methyl sites for hydroxylation is 1. The first kappa shape index (κ1) is 19.6. The van der Waals surface area contributed by atoms with Crippen molar-refractivity contribution >= 4 is 28.9 Å². The van der Waals surface area contributed by atoms with Gasteiger partial charge < -0.3 is 16.0 Å². The Hall–Kier alpha value is -2.68. The van der Waals surface area contributed by atoms with Crippen molar-refractivity contribution in [2.75, 3.05) is 5.32 Å². The van der Waals surface area contributed by atoms with Crippen molar-refractivity contribution < 1.29 is 22.4 Å². The number of rotatable bonds is 4. The summed E-state index contributed by atoms with van der Waals surface area (Å²) in [5.41, 5.74) is 0.845. The van der Waals surface area contributed by atoms with E-state index in [1.165, 1.54) is 30.3 Å². The van der Waals surface area contributed by atoms with E-state index in [0.717, 1.165) is 11.6 Å². The third kappa shape index (κ3) is 5.41. The predicted octanol–water partition coefficient (Wildman–Crippen LogP) is 3.74. The quantitative estimate of drug-likeness (QED) is 0.426. The van der Waals surface area contributed by atoms with Crippen LogP contribution in [0, 0.1) is 12.7 Å². The molecule has 26 heavy (non-hydrogen) atoms. The number of amides is 1. The van der Waals surface area contributed by atoms with Crippen molar-refractivity contribution in [1.29, 1.82) is 0 Å². The lowest BCUT2D eigenvalue weighted by Gasteiger charge is -2.24. The second-order valence-electron chi connectivity index (χ2n) is 5.39. The zero-order chi connectivity index (χ0) is 19.3. The Morgan fingerprint density at radius 3 is 2.23 bits per heavy atom. The topological polar surface area (TPSA) is 53.2 Å². The van der Waals surface area contributed by atoms with Gasteiger partial charge in [0.2, 0.25) is 0 Å². The Bertz CT molecular complexity index is 793. The summed E-state index contributed by atoms with van der Waals surface area (Å²) >= 11 is 4.79. The Kier molecular flexibility index (Phi) is 6.14. The number of para-hydroxylation sites is 1. The molecule has 0 aromatic heterocycles. The van der Waals surface area contributed by atoms with E-state index in [9.17, 15) is 22.4 Å². The summed E-state index contributed by atoms with van der Waals surface area (Å²) in [5.74, 6) is -1.60. The van der Waals surface area contributed by atoms with E-state index in [0.29, 0.717) is 0 Å². The largest absolute Gasteiger partial charge is 0.427 e. The highest BCUT2D eigenvalue weighted by Gasteiger charge is 2.41. The van der Waals surface area contributed by atoms with Crippen molar-refractivity contribution in [3.05, 3.63) is 65.5 Å². The maximum absolute atomic E-state index is 13.5. The summed E-state index contributed by atoms with van der Waals surface area (Å²) in [6, 6.07) is 11.4. The number of alkyl halides is 3. The van der Waals surface area contributed by atoms with Gasteiger partial charge in [0, 0.05) is 5.56 Å². The SMILES string of the molecule is Cc1ccc(C(=O)NC(NC(=S)Nc2ccccc2F)C(F)(F)F)cc1. The van der Waals surface area contributed by atoms with Gasteiger partial charge in [0.25, 0.3) is 5.91 Å². The first-order chi connectivity index (χ1) is 12.2. The standard InChI is InChI=1S/C17H15F4N3OS/c1-10-6-8-11(9-7-10)14(25)23-15(17(19,20)21)24-16(26)22-13-5-3-2-4-12(13)18/h2-9,15H,1H3,(H,23,25)(H2,22,24,26). The number of nitrogens with one attached hydrogen (secondary N) is 3. The fraction of sp³-hybridized carbons (Fsp3) is 0.176. The molecule has 0 aliphatic heterocycles. The lowest BCUT2D eigenvalue weighted by Crippen LogP contribution is -2.57. The summed E-state index contributed by atoms with van der Waals surface area (Å²) in [5, 5.41) is 5.61. The molecule has 2 rings (SSSR count). The van der Waals surface area contributed by atoms with Crippen LogP contribution in [-0.2, 0) is 0 Å². The van der Waals surface area contributed by atoms with Crippen molar-refractivity contribution in [2.45, 2.75) is 19.3 Å². The Morgan fingerprint density at radius 1 is 1.04 bits per heavy atom. The molecule has 0 radical (unpaired) electrons. The third-order valence-corrected chi connectivity index (χ3v) is 3.53. The predicted molar refractivity (Wildman–Crippen MR) is 94.2 cm³/mol. The van der Waals surface area contributed by atoms with E-state index < -0.39 is 29.2 Å². The van der Waals surface area contributed by atoms with Crippen LogP contribution in [0.25, 0.3) is 0 Å². The van der Waals surface area contributed by atoms with Crippen molar-refractivity contribution in [2.24, 2.45) is 0 Å². The minimum absolute atomic E-state index is 0.0691. The normalized spacial score (nSPS) is 12.2. The summed E-state index contributed by atoms with van der Waals surface area (Å²) in [6.07, 6.45) is -7.26. The number of anilines is 1. The molecule has 0 aliphatic rings. The van der Waals surface area contributed by atoms with Gasteiger partial charge in [-0.15, -0.1) is 0 Å². The smallest absolute Gasteiger partial charge is 0.335 e. The van der Waals surface area contributed by atoms with Crippen molar-refractivity contribution in [3.8, 4) is 0 Å². The molecule has 0 saturated carbocycles. The molecule has 3 N–H and O–H groups in total. The van der Waals surface area contributed by atoms with Gasteiger partial charge in [-0.05, 0) is 43.4 Å². The van der Waals surface area contributed by atoms with Gasteiger partial charge in [-0.3, -0.25) is 4.79 Å². The fourth-order valence-electron chi connectivity index (χ4n) is 1.97. The number of benzene rings is 2. The number of halogens is 4. The molecule has 2 aromatic rings. The number of hydrogen-bond donors (Lipinski definition) is 3. The fourth-order valence-corrected chi connectivity index (χ4v) is 2.20. The van der Waals surface area contributed by atoms with Gasteiger partial charge in [0.1, 0.15) is 5.82 Å². The highest BCUT2D eigenvalue weighted by molar-refractivity contribution is 7.80. The Balaban J connectivity index is 2.07. The molecule has 0 saturated heterocycles. The van der Waals surface area contributed by atoms with Gasteiger partial charge in [0.15, 0.2) is 11.3 Å². The van der Waals surface area contributed by atoms with Crippen LogP contribution in [0.4, 0.5) is 23.2 Å². The van der Waals surface area contributed by atoms with Crippen LogP contribution >= 0.6 is 12.2 Å². The number of thiocarbonyl (C=S) groups is 1. The number of carbonyl (C=O) groups excluding carboxylic acids is 1. The highest BCUT2D eigenvalue weighted by Crippen LogP contribution is 2.19. The monoisotopic (exact) mass is 385 g/mol. The minimum Gasteiger partial charge on any atom is -0.335 e. The third-order valence-electron chi connectivity index (χ3n) is 3.31. The first-order valence-electron chi connectivity index (χ1n) is 7.43. The van der Waals surface area contributed by atoms with Crippen LogP contribution in [-0.4, -0.2) is 23.4 Å². The molecular formula is C17H15F4N3OS. The molecule has 2 aromatic carbocycles. The second kappa shape index (κ2) is 8.13. The van der Waals surface area contributed by atoms with Crippen LogP contribution in [0.5, 0.6) is 0 Å². The maximum Gasteiger partial charge on any atom is 0.427 e. The highest BCUT2D eigenvalue weighted by atomic mass is 32.1. The van der Waals surface area contributed by atoms with Crippen LogP contribution in [0.3, 0.4) is 0 Å². The van der Waals surface area contributed by atoms with Gasteiger partial charge >= 0.3 is 6.18 Å². The summed E-state index contributed by atoms with van der Waals surface area (Å²) in [4.78, 5) is 12.0. The zero-order valence-corrected chi connectivity index (χ0v) is 14.3. The maximum atomic E-state index is 13.5. The van der Waals surface area contributed by atoms with E-state index in [4.69, 9.17) is 12.2 Å². The lowest BCUT2D eigenvalue weighted by atomic mass is 10.1. The molecule has 0 aliphatic carbocycles. The lowest BCUT2D eigenvalue weighted by molar-refractivity contribution is -0.156. The van der Waals surface area contributed by atoms with E-state index in [-0.39, 0.29) is 11.3 Å². The zero-order valence-electron chi connectivity index (χ0n) is 13.5. The Morgan fingerprint density at radius 2 is 1.65 bits per heavy atom. The molecule has 1 amide bonds. The van der Waals surface area contributed by atoms with Crippen LogP contribution < -0.4 is 16.0 Å². The van der Waals surface area contributed by atoms with Gasteiger partial charge in [0.05, 0.1) is 5.69 Å². The first-order valence-corrected chi connectivity index (χ1v) is 7.84. The molecule has 0 heterocycles. The molecule has 138 valence electrons. The Labute approximate surface area is 152 Å². The minimum atomic E-state index is -4.82. The second-order valence-corrected chi connectivity index (χ2v) is 5.80. The van der Waals surface area contributed by atoms with Crippen LogP contribution in [0.1, 0.15) is 15.9 Å². The summed E-state index contributed by atoms with van der Waals surface area (Å²) in [6.45, 7) is 1.79. The number of carbonyl (C=O) groups is 1. The average Bonchev–Trinajstić information content (AvgIpc) is 2.56. The molecular weight excluding hydrogens is 370 g/mol. The van der Waals surface area contributed by atoms with E-state index in [2.05, 4.69) is 5.32 Å². The molecule has 1 atom stereocenters. The molecule has 9 heteroatoms.